The third-order valence-corrected chi connectivity index (χ3v) is 3.38. The number of anilines is 1. The van der Waals surface area contributed by atoms with E-state index in [9.17, 15) is 10.1 Å². The van der Waals surface area contributed by atoms with Crippen molar-refractivity contribution >= 4 is 11.4 Å². The van der Waals surface area contributed by atoms with Gasteiger partial charge in [-0.05, 0) is 24.3 Å². The van der Waals surface area contributed by atoms with Gasteiger partial charge in [-0.3, -0.25) is 20.1 Å². The summed E-state index contributed by atoms with van der Waals surface area (Å²) in [7, 11) is 0. The Kier molecular flexibility index (Phi) is 4.88. The molecule has 0 spiro atoms. The van der Waals surface area contributed by atoms with Gasteiger partial charge in [0.15, 0.2) is 0 Å². The number of nitrogens with two attached hydrogens (primary N) is 1. The number of nitro benzene ring substituents is 1. The standard InChI is InChI=1S/C20H12N4O2/c21-20-17(7-5-15-3-1-9-22-13-15)11-19(24(25)26)12-18(20)8-6-16-4-2-10-23-14-16/h1-4,9-14H,21H2. The number of hydrogen-bond acceptors (Lipinski definition) is 5. The van der Waals surface area contributed by atoms with E-state index in [1.165, 1.54) is 12.1 Å². The molecular formula is C20H12N4O2. The van der Waals surface area contributed by atoms with Gasteiger partial charge >= 0.3 is 0 Å². The van der Waals surface area contributed by atoms with Crippen LogP contribution in [0.4, 0.5) is 11.4 Å². The van der Waals surface area contributed by atoms with Crippen LogP contribution in [0.2, 0.25) is 0 Å². The van der Waals surface area contributed by atoms with Crippen molar-refractivity contribution in [3.05, 3.63) is 93.6 Å². The fourth-order valence-electron chi connectivity index (χ4n) is 2.10. The molecule has 0 saturated carbocycles. The maximum absolute atomic E-state index is 11.2. The highest BCUT2D eigenvalue weighted by Gasteiger charge is 2.12. The second kappa shape index (κ2) is 7.61. The van der Waals surface area contributed by atoms with Crippen LogP contribution in [-0.2, 0) is 0 Å². The summed E-state index contributed by atoms with van der Waals surface area (Å²) < 4.78 is 0. The van der Waals surface area contributed by atoms with E-state index >= 15 is 0 Å². The van der Waals surface area contributed by atoms with Crippen LogP contribution in [0.3, 0.4) is 0 Å². The SMILES string of the molecule is Nc1c(C#Cc2cccnc2)cc([N+](=O)[O-])cc1C#Cc1cccnc1. The van der Waals surface area contributed by atoms with Gasteiger partial charge in [0.05, 0.1) is 21.7 Å². The summed E-state index contributed by atoms with van der Waals surface area (Å²) in [6.07, 6.45) is 6.48. The third kappa shape index (κ3) is 4.02. The molecule has 2 N–H and O–H groups in total. The average Bonchev–Trinajstić information content (AvgIpc) is 2.67. The van der Waals surface area contributed by atoms with Gasteiger partial charge in [-0.25, -0.2) is 0 Å². The van der Waals surface area contributed by atoms with E-state index in [-0.39, 0.29) is 5.69 Å². The number of benzene rings is 1. The Bertz CT molecular complexity index is 994. The molecule has 3 rings (SSSR count). The van der Waals surface area contributed by atoms with Crippen molar-refractivity contribution in [2.45, 2.75) is 0 Å². The van der Waals surface area contributed by atoms with Crippen LogP contribution in [0.5, 0.6) is 0 Å². The van der Waals surface area contributed by atoms with E-state index in [1.807, 2.05) is 0 Å². The van der Waals surface area contributed by atoms with E-state index in [2.05, 4.69) is 33.6 Å². The second-order valence-electron chi connectivity index (χ2n) is 5.20. The topological polar surface area (TPSA) is 94.9 Å². The minimum atomic E-state index is -0.496. The Morgan fingerprint density at radius 1 is 0.885 bits per heavy atom. The number of hydrogen-bond donors (Lipinski definition) is 1. The first-order valence-electron chi connectivity index (χ1n) is 7.55. The van der Waals surface area contributed by atoms with Crippen molar-refractivity contribution in [3.8, 4) is 23.7 Å². The van der Waals surface area contributed by atoms with Crippen molar-refractivity contribution < 1.29 is 4.92 Å². The maximum atomic E-state index is 11.2. The van der Waals surface area contributed by atoms with Crippen LogP contribution >= 0.6 is 0 Å². The molecular weight excluding hydrogens is 328 g/mol. The molecule has 0 saturated heterocycles. The lowest BCUT2D eigenvalue weighted by Gasteiger charge is -2.02. The Morgan fingerprint density at radius 3 is 1.77 bits per heavy atom. The van der Waals surface area contributed by atoms with Crippen LogP contribution in [0.15, 0.2) is 61.2 Å². The molecule has 3 aromatic rings. The molecule has 0 radical (unpaired) electrons. The van der Waals surface area contributed by atoms with Crippen molar-refractivity contribution in [1.82, 2.24) is 9.97 Å². The first-order chi connectivity index (χ1) is 12.6. The van der Waals surface area contributed by atoms with Crippen molar-refractivity contribution in [2.75, 3.05) is 5.73 Å². The molecule has 124 valence electrons. The molecule has 0 amide bonds. The Balaban J connectivity index is 2.06. The summed E-state index contributed by atoms with van der Waals surface area (Å²) in [4.78, 5) is 18.7. The molecule has 0 aliphatic heterocycles. The zero-order valence-electron chi connectivity index (χ0n) is 13.5. The van der Waals surface area contributed by atoms with E-state index in [4.69, 9.17) is 5.73 Å². The van der Waals surface area contributed by atoms with Crippen molar-refractivity contribution in [2.24, 2.45) is 0 Å². The molecule has 0 aliphatic rings. The smallest absolute Gasteiger partial charge is 0.272 e. The van der Waals surface area contributed by atoms with Gasteiger partial charge in [0, 0.05) is 48.0 Å². The summed E-state index contributed by atoms with van der Waals surface area (Å²) in [6, 6.07) is 9.77. The molecule has 0 bridgehead atoms. The molecule has 6 nitrogen and oxygen atoms in total. The molecule has 6 heteroatoms. The molecule has 2 aromatic heterocycles. The predicted octanol–water partition coefficient (Wildman–Crippen LogP) is 2.77. The number of nitrogens with zero attached hydrogens (tertiary/aromatic N) is 3. The number of aromatic nitrogens is 2. The van der Waals surface area contributed by atoms with Crippen LogP contribution in [0.1, 0.15) is 22.3 Å². The van der Waals surface area contributed by atoms with Gasteiger partial charge in [0.1, 0.15) is 0 Å². The Labute approximate surface area is 149 Å². The molecule has 1 aromatic carbocycles. The first-order valence-corrected chi connectivity index (χ1v) is 7.55. The van der Waals surface area contributed by atoms with Gasteiger partial charge in [0.2, 0.25) is 0 Å². The summed E-state index contributed by atoms with van der Waals surface area (Å²) >= 11 is 0. The number of non-ortho nitro benzene ring substituents is 1. The highest BCUT2D eigenvalue weighted by molar-refractivity contribution is 5.70. The lowest BCUT2D eigenvalue weighted by molar-refractivity contribution is -0.384. The summed E-state index contributed by atoms with van der Waals surface area (Å²) in [6.45, 7) is 0. The summed E-state index contributed by atoms with van der Waals surface area (Å²) in [5.41, 5.74) is 8.35. The minimum absolute atomic E-state index is 0.120. The monoisotopic (exact) mass is 340 g/mol. The highest BCUT2D eigenvalue weighted by atomic mass is 16.6. The lowest BCUT2D eigenvalue weighted by atomic mass is 10.1. The highest BCUT2D eigenvalue weighted by Crippen LogP contribution is 2.24. The van der Waals surface area contributed by atoms with Crippen molar-refractivity contribution in [1.29, 1.82) is 0 Å². The Hall–Kier alpha value is -4.16. The zero-order valence-corrected chi connectivity index (χ0v) is 13.5. The van der Waals surface area contributed by atoms with Crippen LogP contribution in [0, 0.1) is 33.8 Å². The van der Waals surface area contributed by atoms with Gasteiger partial charge in [0.25, 0.3) is 5.69 Å². The maximum Gasteiger partial charge on any atom is 0.272 e. The number of nitrogen functional groups attached to an aromatic ring is 1. The number of pyridine rings is 2. The van der Waals surface area contributed by atoms with Crippen LogP contribution in [-0.4, -0.2) is 14.9 Å². The fraction of sp³-hybridized carbons (Fsp3) is 0. The summed E-state index contributed by atoms with van der Waals surface area (Å²) in [5, 5.41) is 11.2. The first kappa shape index (κ1) is 16.7. The Morgan fingerprint density at radius 2 is 1.38 bits per heavy atom. The normalized spacial score (nSPS) is 9.38. The van der Waals surface area contributed by atoms with E-state index in [0.29, 0.717) is 27.9 Å². The van der Waals surface area contributed by atoms with Gasteiger partial charge in [-0.15, -0.1) is 0 Å². The number of nitro groups is 1. The van der Waals surface area contributed by atoms with E-state index in [0.717, 1.165) is 0 Å². The lowest BCUT2D eigenvalue weighted by Crippen LogP contribution is -1.98. The predicted molar refractivity (Wildman–Crippen MR) is 97.9 cm³/mol. The van der Waals surface area contributed by atoms with Gasteiger partial charge < -0.3 is 5.73 Å². The van der Waals surface area contributed by atoms with Crippen molar-refractivity contribution in [3.63, 3.8) is 0 Å². The largest absolute Gasteiger partial charge is 0.397 e. The zero-order chi connectivity index (χ0) is 18.4. The fourth-order valence-corrected chi connectivity index (χ4v) is 2.10. The molecule has 0 aliphatic carbocycles. The van der Waals surface area contributed by atoms with E-state index < -0.39 is 4.92 Å². The minimum Gasteiger partial charge on any atom is -0.397 e. The van der Waals surface area contributed by atoms with Crippen LogP contribution in [0.25, 0.3) is 0 Å². The second-order valence-corrected chi connectivity index (χ2v) is 5.20. The quantitative estimate of drug-likeness (QED) is 0.318. The molecule has 2 heterocycles. The van der Waals surface area contributed by atoms with Gasteiger partial charge in [-0.1, -0.05) is 23.7 Å². The number of rotatable bonds is 1. The van der Waals surface area contributed by atoms with E-state index in [1.54, 1.807) is 49.1 Å². The molecule has 26 heavy (non-hydrogen) atoms. The molecule has 0 atom stereocenters. The third-order valence-electron chi connectivity index (χ3n) is 3.38. The summed E-state index contributed by atoms with van der Waals surface area (Å²) in [5.74, 6) is 11.5. The average molecular weight is 340 g/mol. The van der Waals surface area contributed by atoms with Crippen LogP contribution < -0.4 is 5.73 Å². The molecule has 0 fully saturated rings. The van der Waals surface area contributed by atoms with Gasteiger partial charge in [-0.2, -0.15) is 0 Å². The molecule has 0 unspecified atom stereocenters.